The normalized spacial score (nSPS) is 17.7. The summed E-state index contributed by atoms with van der Waals surface area (Å²) in [6.45, 7) is 0.409. The maximum atomic E-state index is 13.5. The van der Waals surface area contributed by atoms with E-state index in [0.717, 1.165) is 22.5 Å². The van der Waals surface area contributed by atoms with Crippen LogP contribution in [-0.4, -0.2) is 35.8 Å². The molecular formula is C25H25N3O2. The summed E-state index contributed by atoms with van der Waals surface area (Å²) in [5.41, 5.74) is 2.73. The minimum absolute atomic E-state index is 0.0351. The molecule has 0 saturated heterocycles. The second-order valence-corrected chi connectivity index (χ2v) is 7.87. The number of aromatic nitrogens is 1. The zero-order chi connectivity index (χ0) is 21.1. The predicted molar refractivity (Wildman–Crippen MR) is 117 cm³/mol. The molecule has 5 heteroatoms. The number of nitrogens with zero attached hydrogens (tertiary/aromatic N) is 3. The Morgan fingerprint density at radius 1 is 1.00 bits per heavy atom. The summed E-state index contributed by atoms with van der Waals surface area (Å²) in [5.74, 6) is -0.109. The van der Waals surface area contributed by atoms with E-state index in [9.17, 15) is 9.59 Å². The Bertz CT molecular complexity index is 1050. The number of pyridine rings is 1. The van der Waals surface area contributed by atoms with E-state index in [0.29, 0.717) is 13.0 Å². The van der Waals surface area contributed by atoms with Gasteiger partial charge in [-0.1, -0.05) is 54.6 Å². The largest absolute Gasteiger partial charge is 0.340 e. The average Bonchev–Trinajstić information content (AvgIpc) is 2.97. The monoisotopic (exact) mass is 399 g/mol. The van der Waals surface area contributed by atoms with E-state index in [4.69, 9.17) is 0 Å². The Balaban J connectivity index is 1.68. The van der Waals surface area contributed by atoms with Crippen molar-refractivity contribution in [3.8, 4) is 0 Å². The Kier molecular flexibility index (Phi) is 5.36. The molecule has 30 heavy (non-hydrogen) atoms. The number of amides is 2. The van der Waals surface area contributed by atoms with Crippen molar-refractivity contribution in [1.82, 2.24) is 9.88 Å². The highest BCUT2D eigenvalue weighted by molar-refractivity contribution is 6.09. The van der Waals surface area contributed by atoms with Gasteiger partial charge in [-0.25, -0.2) is 0 Å². The first-order chi connectivity index (χ1) is 14.5. The van der Waals surface area contributed by atoms with E-state index in [-0.39, 0.29) is 18.2 Å². The second kappa shape index (κ2) is 8.11. The van der Waals surface area contributed by atoms with Gasteiger partial charge in [0.05, 0.1) is 17.7 Å². The average molecular weight is 399 g/mol. The third-order valence-electron chi connectivity index (χ3n) is 5.85. The zero-order valence-electron chi connectivity index (χ0n) is 17.3. The molecular weight excluding hydrogens is 374 g/mol. The molecule has 2 heterocycles. The molecule has 152 valence electrons. The highest BCUT2D eigenvalue weighted by Crippen LogP contribution is 2.45. The van der Waals surface area contributed by atoms with E-state index in [1.807, 2.05) is 72.8 Å². The Morgan fingerprint density at radius 3 is 2.43 bits per heavy atom. The number of carbonyl (C=O) groups excluding carboxylic acids is 2. The van der Waals surface area contributed by atoms with Crippen LogP contribution < -0.4 is 4.90 Å². The fourth-order valence-electron chi connectivity index (χ4n) is 4.28. The van der Waals surface area contributed by atoms with Crippen LogP contribution in [0, 0.1) is 0 Å². The van der Waals surface area contributed by atoms with Crippen LogP contribution in [0.3, 0.4) is 0 Å². The molecule has 0 bridgehead atoms. The maximum Gasteiger partial charge on any atom is 0.238 e. The number of hydrogen-bond donors (Lipinski definition) is 0. The van der Waals surface area contributed by atoms with Crippen LogP contribution in [-0.2, 0) is 28.0 Å². The molecule has 1 aliphatic heterocycles. The van der Waals surface area contributed by atoms with E-state index < -0.39 is 5.41 Å². The third kappa shape index (κ3) is 3.59. The molecule has 0 N–H and O–H groups in total. The molecule has 4 rings (SSSR count). The smallest absolute Gasteiger partial charge is 0.238 e. The van der Waals surface area contributed by atoms with Gasteiger partial charge in [-0.3, -0.25) is 14.6 Å². The molecule has 5 nitrogen and oxygen atoms in total. The zero-order valence-corrected chi connectivity index (χ0v) is 17.3. The molecule has 0 saturated carbocycles. The summed E-state index contributed by atoms with van der Waals surface area (Å²) in [4.78, 5) is 34.5. The minimum atomic E-state index is -0.915. The van der Waals surface area contributed by atoms with Gasteiger partial charge < -0.3 is 9.80 Å². The molecule has 2 aromatic carbocycles. The highest BCUT2D eigenvalue weighted by Gasteiger charge is 2.51. The van der Waals surface area contributed by atoms with Gasteiger partial charge in [-0.15, -0.1) is 0 Å². The van der Waals surface area contributed by atoms with E-state index in [1.54, 1.807) is 30.1 Å². The Hall–Kier alpha value is -3.47. The lowest BCUT2D eigenvalue weighted by Gasteiger charge is -2.30. The standard InChI is InChI=1S/C25H25N3O2/c1-27(18-20-12-8-9-15-26-20)23(29)17-25(16-19-10-4-3-5-11-19)21-13-6-7-14-22(21)28(2)24(25)30/h3-15H,16-18H2,1-2H3/t25-/m0/s1. The Morgan fingerprint density at radius 2 is 1.70 bits per heavy atom. The van der Waals surface area contributed by atoms with Gasteiger partial charge in [-0.2, -0.15) is 0 Å². The Labute approximate surface area is 177 Å². The molecule has 0 fully saturated rings. The lowest BCUT2D eigenvalue weighted by atomic mass is 9.73. The van der Waals surface area contributed by atoms with Crippen molar-refractivity contribution < 1.29 is 9.59 Å². The van der Waals surface area contributed by atoms with Gasteiger partial charge in [-0.05, 0) is 35.7 Å². The number of fused-ring (bicyclic) bond motifs is 1. The predicted octanol–water partition coefficient (Wildman–Crippen LogP) is 3.59. The lowest BCUT2D eigenvalue weighted by Crippen LogP contribution is -2.44. The van der Waals surface area contributed by atoms with Gasteiger partial charge in [0.1, 0.15) is 0 Å². The van der Waals surface area contributed by atoms with Crippen LogP contribution in [0.25, 0.3) is 0 Å². The van der Waals surface area contributed by atoms with Gasteiger partial charge in [0.25, 0.3) is 0 Å². The number of anilines is 1. The number of rotatable bonds is 6. The van der Waals surface area contributed by atoms with Crippen molar-refractivity contribution >= 4 is 17.5 Å². The molecule has 0 spiro atoms. The van der Waals surface area contributed by atoms with Crippen molar-refractivity contribution in [3.63, 3.8) is 0 Å². The summed E-state index contributed by atoms with van der Waals surface area (Å²) in [6, 6.07) is 23.4. The first kappa shape index (κ1) is 19.8. The first-order valence-corrected chi connectivity index (χ1v) is 10.1. The van der Waals surface area contributed by atoms with Crippen molar-refractivity contribution in [1.29, 1.82) is 0 Å². The third-order valence-corrected chi connectivity index (χ3v) is 5.85. The number of likely N-dealkylation sites (N-methyl/N-ethyl adjacent to an activating group) is 1. The van der Waals surface area contributed by atoms with E-state index in [2.05, 4.69) is 4.98 Å². The van der Waals surface area contributed by atoms with Crippen LogP contribution in [0.2, 0.25) is 0 Å². The fraction of sp³-hybridized carbons (Fsp3) is 0.240. The van der Waals surface area contributed by atoms with Crippen LogP contribution in [0.1, 0.15) is 23.2 Å². The van der Waals surface area contributed by atoms with Crippen LogP contribution >= 0.6 is 0 Å². The van der Waals surface area contributed by atoms with Gasteiger partial charge in [0.15, 0.2) is 0 Å². The van der Waals surface area contributed by atoms with Gasteiger partial charge >= 0.3 is 0 Å². The van der Waals surface area contributed by atoms with Crippen LogP contribution in [0.5, 0.6) is 0 Å². The molecule has 0 aliphatic carbocycles. The maximum absolute atomic E-state index is 13.5. The van der Waals surface area contributed by atoms with E-state index in [1.165, 1.54) is 0 Å². The summed E-state index contributed by atoms with van der Waals surface area (Å²) in [6.07, 6.45) is 2.32. The van der Waals surface area contributed by atoms with Crippen LogP contribution in [0.4, 0.5) is 5.69 Å². The second-order valence-electron chi connectivity index (χ2n) is 7.87. The molecule has 0 unspecified atom stereocenters. The summed E-state index contributed by atoms with van der Waals surface area (Å²) in [5, 5.41) is 0. The number of carbonyl (C=O) groups is 2. The highest BCUT2D eigenvalue weighted by atomic mass is 16.2. The summed E-state index contributed by atoms with van der Waals surface area (Å²) in [7, 11) is 3.55. The summed E-state index contributed by atoms with van der Waals surface area (Å²) < 4.78 is 0. The van der Waals surface area contributed by atoms with Gasteiger partial charge in [0, 0.05) is 32.4 Å². The van der Waals surface area contributed by atoms with Crippen molar-refractivity contribution in [2.24, 2.45) is 0 Å². The molecule has 3 aromatic rings. The molecule has 1 aromatic heterocycles. The molecule has 0 radical (unpaired) electrons. The lowest BCUT2D eigenvalue weighted by molar-refractivity contribution is -0.135. The minimum Gasteiger partial charge on any atom is -0.340 e. The number of benzene rings is 2. The van der Waals surface area contributed by atoms with Crippen molar-refractivity contribution in [2.75, 3.05) is 19.0 Å². The topological polar surface area (TPSA) is 53.5 Å². The first-order valence-electron chi connectivity index (χ1n) is 10.1. The fourth-order valence-corrected chi connectivity index (χ4v) is 4.28. The number of para-hydroxylation sites is 1. The molecule has 2 amide bonds. The summed E-state index contributed by atoms with van der Waals surface area (Å²) >= 11 is 0. The van der Waals surface area contributed by atoms with Gasteiger partial charge in [0.2, 0.25) is 11.8 Å². The SMILES string of the molecule is CN(Cc1ccccn1)C(=O)C[C@]1(Cc2ccccc2)C(=O)N(C)c2ccccc21. The van der Waals surface area contributed by atoms with Crippen LogP contribution in [0.15, 0.2) is 79.0 Å². The van der Waals surface area contributed by atoms with E-state index >= 15 is 0 Å². The quantitative estimate of drug-likeness (QED) is 0.637. The number of hydrogen-bond acceptors (Lipinski definition) is 3. The molecule has 1 aliphatic rings. The van der Waals surface area contributed by atoms with Crippen molar-refractivity contribution in [2.45, 2.75) is 24.8 Å². The van der Waals surface area contributed by atoms with Crippen molar-refractivity contribution in [3.05, 3.63) is 95.8 Å². The molecule has 1 atom stereocenters.